The van der Waals surface area contributed by atoms with Gasteiger partial charge in [-0.3, -0.25) is 4.99 Å². The van der Waals surface area contributed by atoms with Gasteiger partial charge in [-0.2, -0.15) is 5.10 Å². The lowest BCUT2D eigenvalue weighted by atomic mass is 10.2. The quantitative estimate of drug-likeness (QED) is 0.394. The Hall–Kier alpha value is -1.62. The standard InChI is InChI=1S/C18H25N5O2S.HI/c1-18(2)14-22(11-12-26(18,24)25)17(19-3)20-13-15-9-10-23(21-15)16-7-5-4-6-8-16;/h4-10H,11-14H2,1-3H3,(H,19,20);1H. The van der Waals surface area contributed by atoms with E-state index in [1.54, 1.807) is 20.9 Å². The molecule has 148 valence electrons. The smallest absolute Gasteiger partial charge is 0.194 e. The Morgan fingerprint density at radius 1 is 1.26 bits per heavy atom. The predicted molar refractivity (Wildman–Crippen MR) is 119 cm³/mol. The second-order valence-corrected chi connectivity index (χ2v) is 9.73. The number of hydrogen-bond acceptors (Lipinski definition) is 4. The van der Waals surface area contributed by atoms with Gasteiger partial charge in [0.15, 0.2) is 15.8 Å². The van der Waals surface area contributed by atoms with Crippen LogP contribution >= 0.6 is 24.0 Å². The van der Waals surface area contributed by atoms with Crippen LogP contribution < -0.4 is 5.32 Å². The molecule has 7 nitrogen and oxygen atoms in total. The molecule has 0 saturated carbocycles. The van der Waals surface area contributed by atoms with Gasteiger partial charge in [-0.25, -0.2) is 13.1 Å². The number of aromatic nitrogens is 2. The van der Waals surface area contributed by atoms with Crippen molar-refractivity contribution >= 4 is 39.8 Å². The fourth-order valence-electron chi connectivity index (χ4n) is 3.01. The predicted octanol–water partition coefficient (Wildman–Crippen LogP) is 2.07. The van der Waals surface area contributed by atoms with Gasteiger partial charge < -0.3 is 10.2 Å². The lowest BCUT2D eigenvalue weighted by molar-refractivity contribution is 0.353. The van der Waals surface area contributed by atoms with E-state index in [2.05, 4.69) is 15.4 Å². The molecule has 9 heteroatoms. The maximum absolute atomic E-state index is 12.2. The van der Waals surface area contributed by atoms with Gasteiger partial charge in [0.1, 0.15) is 0 Å². The summed E-state index contributed by atoms with van der Waals surface area (Å²) in [5, 5.41) is 7.86. The van der Waals surface area contributed by atoms with E-state index in [9.17, 15) is 8.42 Å². The van der Waals surface area contributed by atoms with E-state index in [1.165, 1.54) is 0 Å². The summed E-state index contributed by atoms with van der Waals surface area (Å²) in [6.07, 6.45) is 1.92. The summed E-state index contributed by atoms with van der Waals surface area (Å²) >= 11 is 0. The minimum absolute atomic E-state index is 0. The summed E-state index contributed by atoms with van der Waals surface area (Å²) in [5.74, 6) is 0.839. The summed E-state index contributed by atoms with van der Waals surface area (Å²) in [5.41, 5.74) is 1.89. The first-order chi connectivity index (χ1) is 12.3. The van der Waals surface area contributed by atoms with E-state index in [4.69, 9.17) is 0 Å². The Morgan fingerprint density at radius 3 is 2.59 bits per heavy atom. The molecule has 1 aliphatic heterocycles. The number of hydrogen-bond donors (Lipinski definition) is 1. The van der Waals surface area contributed by atoms with Crippen LogP contribution in [-0.2, 0) is 16.4 Å². The highest BCUT2D eigenvalue weighted by molar-refractivity contribution is 14.0. The summed E-state index contributed by atoms with van der Waals surface area (Å²) in [6, 6.07) is 11.9. The van der Waals surface area contributed by atoms with E-state index < -0.39 is 14.6 Å². The molecule has 2 heterocycles. The molecule has 1 N–H and O–H groups in total. The first kappa shape index (κ1) is 21.7. The largest absolute Gasteiger partial charge is 0.351 e. The number of aliphatic imine (C=N–C) groups is 1. The highest BCUT2D eigenvalue weighted by atomic mass is 127. The molecular weight excluding hydrogens is 477 g/mol. The SMILES string of the molecule is CN=C(NCc1ccn(-c2ccccc2)n1)N1CCS(=O)(=O)C(C)(C)C1.I. The fourth-order valence-corrected chi connectivity index (χ4v) is 4.37. The molecule has 1 aliphatic rings. The van der Waals surface area contributed by atoms with Gasteiger partial charge in [0.2, 0.25) is 0 Å². The van der Waals surface area contributed by atoms with Crippen molar-refractivity contribution in [3.8, 4) is 5.69 Å². The normalized spacial score (nSPS) is 18.6. The molecule has 27 heavy (non-hydrogen) atoms. The van der Waals surface area contributed by atoms with Crippen LogP contribution in [0.1, 0.15) is 19.5 Å². The van der Waals surface area contributed by atoms with Crippen LogP contribution in [0.3, 0.4) is 0 Å². The van der Waals surface area contributed by atoms with Gasteiger partial charge in [0.05, 0.1) is 28.4 Å². The molecule has 0 spiro atoms. The van der Waals surface area contributed by atoms with Gasteiger partial charge in [0.25, 0.3) is 0 Å². The summed E-state index contributed by atoms with van der Waals surface area (Å²) in [7, 11) is -1.36. The zero-order chi connectivity index (χ0) is 18.8. The molecule has 1 fully saturated rings. The zero-order valence-corrected chi connectivity index (χ0v) is 18.9. The average Bonchev–Trinajstić information content (AvgIpc) is 3.08. The van der Waals surface area contributed by atoms with Gasteiger partial charge in [-0.05, 0) is 32.0 Å². The highest BCUT2D eigenvalue weighted by Crippen LogP contribution is 2.23. The first-order valence-corrected chi connectivity index (χ1v) is 10.3. The Morgan fingerprint density at radius 2 is 1.96 bits per heavy atom. The van der Waals surface area contributed by atoms with Crippen molar-refractivity contribution in [3.63, 3.8) is 0 Å². The molecule has 0 radical (unpaired) electrons. The maximum atomic E-state index is 12.2. The Labute approximate surface area is 177 Å². The monoisotopic (exact) mass is 503 g/mol. The molecule has 0 bridgehead atoms. The number of halogens is 1. The number of benzene rings is 1. The number of guanidine groups is 1. The highest BCUT2D eigenvalue weighted by Gasteiger charge is 2.40. The van der Waals surface area contributed by atoms with Gasteiger partial charge in [-0.15, -0.1) is 24.0 Å². The second kappa shape index (κ2) is 8.59. The van der Waals surface area contributed by atoms with Crippen molar-refractivity contribution in [3.05, 3.63) is 48.3 Å². The van der Waals surface area contributed by atoms with Crippen LogP contribution in [0, 0.1) is 0 Å². The number of rotatable bonds is 3. The molecule has 0 atom stereocenters. The van der Waals surface area contributed by atoms with Crippen molar-refractivity contribution in [1.29, 1.82) is 0 Å². The zero-order valence-electron chi connectivity index (χ0n) is 15.8. The second-order valence-electron chi connectivity index (χ2n) is 6.99. The van der Waals surface area contributed by atoms with E-state index in [1.807, 2.05) is 52.2 Å². The van der Waals surface area contributed by atoms with Crippen LogP contribution in [0.5, 0.6) is 0 Å². The first-order valence-electron chi connectivity index (χ1n) is 8.60. The van der Waals surface area contributed by atoms with E-state index in [0.717, 1.165) is 11.4 Å². The van der Waals surface area contributed by atoms with Gasteiger partial charge in [-0.1, -0.05) is 18.2 Å². The van der Waals surface area contributed by atoms with Gasteiger partial charge >= 0.3 is 0 Å². The summed E-state index contributed by atoms with van der Waals surface area (Å²) in [4.78, 5) is 6.30. The van der Waals surface area contributed by atoms with Crippen LogP contribution in [0.2, 0.25) is 0 Å². The Balaban J connectivity index is 0.00000261. The molecule has 1 aromatic carbocycles. The number of para-hydroxylation sites is 1. The molecule has 1 saturated heterocycles. The van der Waals surface area contributed by atoms with Crippen molar-refractivity contribution in [1.82, 2.24) is 20.0 Å². The molecule has 2 aromatic rings. The van der Waals surface area contributed by atoms with E-state index >= 15 is 0 Å². The van der Waals surface area contributed by atoms with Crippen LogP contribution in [0.15, 0.2) is 47.6 Å². The van der Waals surface area contributed by atoms with Crippen molar-refractivity contribution in [2.45, 2.75) is 25.1 Å². The Kier molecular flexibility index (Phi) is 6.90. The molecular formula is C18H26IN5O2S. The fraction of sp³-hybridized carbons (Fsp3) is 0.444. The third-order valence-corrected chi connectivity index (χ3v) is 7.18. The van der Waals surface area contributed by atoms with E-state index in [0.29, 0.717) is 25.6 Å². The van der Waals surface area contributed by atoms with E-state index in [-0.39, 0.29) is 29.7 Å². The molecule has 0 unspecified atom stereocenters. The average molecular weight is 503 g/mol. The van der Waals surface area contributed by atoms with Gasteiger partial charge in [0, 0.05) is 26.3 Å². The summed E-state index contributed by atoms with van der Waals surface area (Å²) < 4.78 is 25.4. The molecule has 1 aromatic heterocycles. The van der Waals surface area contributed by atoms with Crippen molar-refractivity contribution < 1.29 is 8.42 Å². The maximum Gasteiger partial charge on any atom is 0.194 e. The molecule has 0 aliphatic carbocycles. The van der Waals surface area contributed by atoms with Crippen molar-refractivity contribution in [2.24, 2.45) is 4.99 Å². The third-order valence-electron chi connectivity index (χ3n) is 4.65. The lowest BCUT2D eigenvalue weighted by Crippen LogP contribution is -2.57. The van der Waals surface area contributed by atoms with Crippen LogP contribution in [0.4, 0.5) is 0 Å². The molecule has 0 amide bonds. The third kappa shape index (κ3) is 4.81. The lowest BCUT2D eigenvalue weighted by Gasteiger charge is -2.39. The van der Waals surface area contributed by atoms with Crippen LogP contribution in [0.25, 0.3) is 5.69 Å². The Bertz CT molecular complexity index is 893. The number of sulfone groups is 1. The summed E-state index contributed by atoms with van der Waals surface area (Å²) in [6.45, 7) is 4.93. The minimum Gasteiger partial charge on any atom is -0.351 e. The van der Waals surface area contributed by atoms with Crippen molar-refractivity contribution in [2.75, 3.05) is 25.9 Å². The number of nitrogens with zero attached hydrogens (tertiary/aromatic N) is 4. The topological polar surface area (TPSA) is 79.6 Å². The molecule has 3 rings (SSSR count). The number of nitrogens with one attached hydrogen (secondary N) is 1. The minimum atomic E-state index is -3.07. The van der Waals surface area contributed by atoms with Crippen LogP contribution in [-0.4, -0.2) is 59.7 Å².